The van der Waals surface area contributed by atoms with Crippen LogP contribution in [0.1, 0.15) is 23.0 Å². The van der Waals surface area contributed by atoms with Crippen LogP contribution in [0, 0.1) is 0 Å². The average Bonchev–Trinajstić information content (AvgIpc) is 2.55. The van der Waals surface area contributed by atoms with E-state index >= 15 is 0 Å². The van der Waals surface area contributed by atoms with Crippen molar-refractivity contribution in [2.24, 2.45) is 7.05 Å². The molecule has 0 amide bonds. The van der Waals surface area contributed by atoms with Crippen molar-refractivity contribution in [1.29, 1.82) is 0 Å². The van der Waals surface area contributed by atoms with E-state index in [-0.39, 0.29) is 16.9 Å². The first-order chi connectivity index (χ1) is 8.74. The van der Waals surface area contributed by atoms with Crippen molar-refractivity contribution < 1.29 is 25.4 Å². The summed E-state index contributed by atoms with van der Waals surface area (Å²) >= 11 is 0. The Bertz CT molecular complexity index is 548. The van der Waals surface area contributed by atoms with Crippen LogP contribution in [0.4, 0.5) is 5.69 Å². The molecule has 9 nitrogen and oxygen atoms in total. The highest BCUT2D eigenvalue weighted by Crippen LogP contribution is 2.31. The average molecular weight is 271 g/mol. The van der Waals surface area contributed by atoms with E-state index in [9.17, 15) is 20.3 Å². The number of aromatic carboxylic acids is 1. The van der Waals surface area contributed by atoms with Crippen LogP contribution in [-0.4, -0.2) is 42.4 Å². The summed E-state index contributed by atoms with van der Waals surface area (Å²) in [6.45, 7) is 1.41. The number of quaternary nitrogens is 1. The van der Waals surface area contributed by atoms with Crippen molar-refractivity contribution in [3.05, 3.63) is 23.7 Å². The number of aryl methyl sites for hydroxylation is 1. The molecule has 1 aliphatic rings. The van der Waals surface area contributed by atoms with Crippen molar-refractivity contribution >= 4 is 17.7 Å². The first kappa shape index (κ1) is 13.5. The third-order valence-corrected chi connectivity index (χ3v) is 2.80. The highest BCUT2D eigenvalue weighted by atomic mass is 16.9. The second-order valence-electron chi connectivity index (χ2n) is 4.25. The monoisotopic (exact) mass is 271 g/mol. The maximum Gasteiger partial charge on any atom is 0.353 e. The van der Waals surface area contributed by atoms with Crippen molar-refractivity contribution in [2.75, 3.05) is 0 Å². The van der Waals surface area contributed by atoms with Crippen molar-refractivity contribution in [3.63, 3.8) is 0 Å². The molecule has 2 rings (SSSR count). The van der Waals surface area contributed by atoms with Gasteiger partial charge in [-0.15, -0.1) is 0 Å². The van der Waals surface area contributed by atoms with Crippen molar-refractivity contribution in [1.82, 2.24) is 20.0 Å². The van der Waals surface area contributed by atoms with Crippen LogP contribution in [0.2, 0.25) is 0 Å². The van der Waals surface area contributed by atoms with Gasteiger partial charge >= 0.3 is 5.97 Å². The minimum Gasteiger partial charge on any atom is -0.477 e. The molecule has 9 heteroatoms. The van der Waals surface area contributed by atoms with Crippen LogP contribution in [0.5, 0.6) is 0 Å². The summed E-state index contributed by atoms with van der Waals surface area (Å²) in [6.07, 6.45) is 2.94. The van der Waals surface area contributed by atoms with Gasteiger partial charge in [0.1, 0.15) is 11.9 Å². The van der Waals surface area contributed by atoms with Crippen LogP contribution in [-0.2, 0) is 7.05 Å². The lowest BCUT2D eigenvalue weighted by atomic mass is 10.2. The Hall–Kier alpha value is -1.91. The lowest BCUT2D eigenvalue weighted by molar-refractivity contribution is -0.355. The number of carbonyl (C=O) groups is 1. The quantitative estimate of drug-likeness (QED) is 0.475. The summed E-state index contributed by atoms with van der Waals surface area (Å²) in [4.78, 5) is 9.42. The lowest BCUT2D eigenvalue weighted by Crippen LogP contribution is -2.61. The molecule has 0 aromatic carbocycles. The SMILES string of the molecule is C[C@H](O)N1C=Cc2c(cn(C)c2C(=O)O)[N+](O)(O)N1. The van der Waals surface area contributed by atoms with E-state index in [1.165, 1.54) is 37.0 Å². The van der Waals surface area contributed by atoms with E-state index in [1.807, 2.05) is 0 Å². The zero-order valence-corrected chi connectivity index (χ0v) is 10.3. The van der Waals surface area contributed by atoms with Gasteiger partial charge in [-0.2, -0.15) is 10.4 Å². The Morgan fingerprint density at radius 1 is 1.47 bits per heavy atom. The molecular formula is C10H15N4O5+. The molecule has 0 radical (unpaired) electrons. The van der Waals surface area contributed by atoms with E-state index in [0.717, 1.165) is 5.01 Å². The fraction of sp³-hybridized carbons (Fsp3) is 0.300. The molecule has 0 saturated carbocycles. The molecule has 0 aliphatic carbocycles. The Morgan fingerprint density at radius 3 is 2.63 bits per heavy atom. The minimum atomic E-state index is -1.77. The van der Waals surface area contributed by atoms with Crippen molar-refractivity contribution in [3.8, 4) is 0 Å². The number of hydrogen-bond donors (Lipinski definition) is 5. The van der Waals surface area contributed by atoms with Crippen molar-refractivity contribution in [2.45, 2.75) is 13.2 Å². The van der Waals surface area contributed by atoms with Gasteiger partial charge in [-0.1, -0.05) is 0 Å². The van der Waals surface area contributed by atoms with Crippen LogP contribution in [0.25, 0.3) is 6.08 Å². The molecule has 0 saturated heterocycles. The Labute approximate surface area is 108 Å². The number of aliphatic hydroxyl groups excluding tert-OH is 1. The van der Waals surface area contributed by atoms with Gasteiger partial charge in [-0.3, -0.25) is 0 Å². The summed E-state index contributed by atoms with van der Waals surface area (Å²) in [5.74, 6) is -1.20. The maximum atomic E-state index is 11.2. The molecule has 1 atom stereocenters. The molecule has 0 fully saturated rings. The molecule has 0 spiro atoms. The van der Waals surface area contributed by atoms with Crippen LogP contribution in [0.3, 0.4) is 0 Å². The second-order valence-corrected chi connectivity index (χ2v) is 4.25. The Kier molecular flexibility index (Phi) is 3.08. The topological polar surface area (TPSA) is 118 Å². The van der Waals surface area contributed by atoms with Gasteiger partial charge in [0.2, 0.25) is 5.69 Å². The lowest BCUT2D eigenvalue weighted by Gasteiger charge is -2.27. The highest BCUT2D eigenvalue weighted by Gasteiger charge is 2.39. The molecule has 0 bridgehead atoms. The number of nitrogens with one attached hydrogen (secondary N) is 1. The number of aromatic nitrogens is 1. The summed E-state index contributed by atoms with van der Waals surface area (Å²) in [7, 11) is 1.48. The van der Waals surface area contributed by atoms with E-state index in [4.69, 9.17) is 5.11 Å². The molecule has 1 aromatic rings. The summed E-state index contributed by atoms with van der Waals surface area (Å²) in [5.41, 5.74) is 2.20. The van der Waals surface area contributed by atoms with Crippen LogP contribution in [0.15, 0.2) is 12.4 Å². The zero-order valence-electron chi connectivity index (χ0n) is 10.3. The van der Waals surface area contributed by atoms with Gasteiger partial charge in [-0.05, 0) is 13.0 Å². The number of fused-ring (bicyclic) bond motifs is 1. The number of carboxylic acids is 1. The maximum absolute atomic E-state index is 11.2. The van der Waals surface area contributed by atoms with Gasteiger partial charge in [0.25, 0.3) is 0 Å². The number of aliphatic hydroxyl groups is 1. The van der Waals surface area contributed by atoms with Gasteiger partial charge in [0.05, 0.1) is 16.7 Å². The van der Waals surface area contributed by atoms with E-state index < -0.39 is 17.1 Å². The zero-order chi connectivity index (χ0) is 14.4. The molecule has 0 unspecified atom stereocenters. The molecule has 104 valence electrons. The fourth-order valence-electron chi connectivity index (χ4n) is 1.92. The molecule has 1 aliphatic heterocycles. The van der Waals surface area contributed by atoms with Gasteiger partial charge in [0, 0.05) is 18.8 Å². The summed E-state index contributed by atoms with van der Waals surface area (Å²) in [5, 5.41) is 39.5. The molecule has 5 N–H and O–H groups in total. The van der Waals surface area contributed by atoms with E-state index in [1.54, 1.807) is 0 Å². The Morgan fingerprint density at radius 2 is 2.11 bits per heavy atom. The normalized spacial score (nSPS) is 18.9. The molecule has 1 aromatic heterocycles. The predicted molar refractivity (Wildman–Crippen MR) is 63.4 cm³/mol. The second kappa shape index (κ2) is 4.33. The fourth-order valence-corrected chi connectivity index (χ4v) is 1.92. The van der Waals surface area contributed by atoms with E-state index in [0.29, 0.717) is 0 Å². The van der Waals surface area contributed by atoms with Crippen LogP contribution >= 0.6 is 0 Å². The predicted octanol–water partition coefficient (Wildman–Crippen LogP) is -0.147. The smallest absolute Gasteiger partial charge is 0.353 e. The van der Waals surface area contributed by atoms with E-state index in [2.05, 4.69) is 5.53 Å². The van der Waals surface area contributed by atoms with Gasteiger partial charge in [0.15, 0.2) is 0 Å². The molecular weight excluding hydrogens is 256 g/mol. The third-order valence-electron chi connectivity index (χ3n) is 2.80. The molecule has 2 heterocycles. The minimum absolute atomic E-state index is 0.0701. The number of carboxylic acid groups (broad SMARTS) is 1. The number of rotatable bonds is 2. The highest BCUT2D eigenvalue weighted by molar-refractivity contribution is 5.93. The summed E-state index contributed by atoms with van der Waals surface area (Å²) in [6, 6.07) is 0. The summed E-state index contributed by atoms with van der Waals surface area (Å²) < 4.78 is 1.27. The van der Waals surface area contributed by atoms with Crippen LogP contribution < -0.4 is 10.5 Å². The first-order valence-electron chi connectivity index (χ1n) is 5.44. The first-order valence-corrected chi connectivity index (χ1v) is 5.44. The number of hydrazine groups is 1. The standard InChI is InChI=1S/C10H14N4O5/c1-6(15)13-4-3-7-8(14(18,19)11-13)5-12(2)9(7)10(16)17/h3-6,11,15,18-19H,1-2H3/p+1/t6-/m0/s1. The number of nitrogens with zero attached hydrogens (tertiary/aromatic N) is 3. The van der Waals surface area contributed by atoms with Gasteiger partial charge in [-0.25, -0.2) is 9.80 Å². The largest absolute Gasteiger partial charge is 0.477 e. The third kappa shape index (κ3) is 2.20. The Balaban J connectivity index is 2.61. The van der Waals surface area contributed by atoms with Gasteiger partial charge < -0.3 is 14.8 Å². The number of hydrogen-bond acceptors (Lipinski definition) is 6. The molecule has 19 heavy (non-hydrogen) atoms.